The van der Waals surface area contributed by atoms with Crippen LogP contribution in [0, 0.1) is 0 Å². The third-order valence-corrected chi connectivity index (χ3v) is 3.20. The highest BCUT2D eigenvalue weighted by atomic mass is 35.5. The highest BCUT2D eigenvalue weighted by Gasteiger charge is 2.09. The zero-order chi connectivity index (χ0) is 14.5. The van der Waals surface area contributed by atoms with E-state index < -0.39 is 0 Å². The first-order valence-electron chi connectivity index (χ1n) is 6.08. The molecule has 2 aromatic carbocycles. The average molecular weight is 291 g/mol. The number of anilines is 1. The molecule has 20 heavy (non-hydrogen) atoms. The van der Waals surface area contributed by atoms with Crippen molar-refractivity contribution in [2.45, 2.75) is 6.54 Å². The van der Waals surface area contributed by atoms with Gasteiger partial charge in [0, 0.05) is 18.2 Å². The molecule has 104 valence electrons. The van der Waals surface area contributed by atoms with E-state index in [9.17, 15) is 4.79 Å². The van der Waals surface area contributed by atoms with Crippen LogP contribution in [0.3, 0.4) is 0 Å². The number of benzene rings is 2. The van der Waals surface area contributed by atoms with Crippen molar-refractivity contribution in [3.8, 4) is 5.75 Å². The maximum absolute atomic E-state index is 12.1. The molecule has 3 N–H and O–H groups in total. The van der Waals surface area contributed by atoms with E-state index in [0.29, 0.717) is 28.6 Å². The molecule has 2 aromatic rings. The van der Waals surface area contributed by atoms with E-state index in [2.05, 4.69) is 5.32 Å². The van der Waals surface area contributed by atoms with Gasteiger partial charge in [-0.15, -0.1) is 0 Å². The van der Waals surface area contributed by atoms with Crippen molar-refractivity contribution in [3.63, 3.8) is 0 Å². The maximum Gasteiger partial charge on any atom is 0.255 e. The van der Waals surface area contributed by atoms with Gasteiger partial charge < -0.3 is 15.8 Å². The molecule has 0 bridgehead atoms. The van der Waals surface area contributed by atoms with Crippen LogP contribution in [0.15, 0.2) is 42.5 Å². The number of carbonyl (C=O) groups excluding carboxylic acids is 1. The Hall–Kier alpha value is -2.04. The third kappa shape index (κ3) is 3.29. The molecule has 0 aliphatic rings. The number of carbonyl (C=O) groups is 1. The lowest BCUT2D eigenvalue weighted by molar-refractivity contribution is 0.102. The number of hydrogen-bond donors (Lipinski definition) is 2. The molecule has 5 heteroatoms. The molecule has 0 aromatic heterocycles. The van der Waals surface area contributed by atoms with E-state index in [1.807, 2.05) is 12.1 Å². The highest BCUT2D eigenvalue weighted by Crippen LogP contribution is 2.27. The fourth-order valence-corrected chi connectivity index (χ4v) is 1.88. The summed E-state index contributed by atoms with van der Waals surface area (Å²) in [5.41, 5.74) is 7.55. The summed E-state index contributed by atoms with van der Waals surface area (Å²) in [6.45, 7) is 0.448. The quantitative estimate of drug-likeness (QED) is 0.909. The summed E-state index contributed by atoms with van der Waals surface area (Å²) in [6, 6.07) is 12.2. The van der Waals surface area contributed by atoms with E-state index in [-0.39, 0.29) is 5.91 Å². The SMILES string of the molecule is COc1ccc(Cl)c(NC(=O)c2ccc(CN)cc2)c1. The summed E-state index contributed by atoms with van der Waals surface area (Å²) in [5.74, 6) is 0.395. The van der Waals surface area contributed by atoms with Crippen molar-refractivity contribution in [2.24, 2.45) is 5.73 Å². The third-order valence-electron chi connectivity index (χ3n) is 2.87. The lowest BCUT2D eigenvalue weighted by Crippen LogP contribution is -2.12. The Morgan fingerprint density at radius 3 is 2.55 bits per heavy atom. The maximum atomic E-state index is 12.1. The first-order chi connectivity index (χ1) is 9.63. The first kappa shape index (κ1) is 14.4. The summed E-state index contributed by atoms with van der Waals surface area (Å²) in [6.07, 6.45) is 0. The van der Waals surface area contributed by atoms with Crippen LogP contribution >= 0.6 is 11.6 Å². The van der Waals surface area contributed by atoms with Gasteiger partial charge in [-0.1, -0.05) is 23.7 Å². The van der Waals surface area contributed by atoms with Gasteiger partial charge in [0.15, 0.2) is 0 Å². The van der Waals surface area contributed by atoms with Crippen LogP contribution in [0.25, 0.3) is 0 Å². The Morgan fingerprint density at radius 1 is 1.25 bits per heavy atom. The molecule has 0 saturated carbocycles. The number of nitrogens with one attached hydrogen (secondary N) is 1. The number of nitrogens with two attached hydrogens (primary N) is 1. The number of methoxy groups -OCH3 is 1. The fourth-order valence-electron chi connectivity index (χ4n) is 1.71. The Labute approximate surface area is 122 Å². The Morgan fingerprint density at radius 2 is 1.95 bits per heavy atom. The van der Waals surface area contributed by atoms with E-state index in [0.717, 1.165) is 5.56 Å². The molecule has 0 spiro atoms. The monoisotopic (exact) mass is 290 g/mol. The van der Waals surface area contributed by atoms with Crippen molar-refractivity contribution in [1.82, 2.24) is 0 Å². The number of rotatable bonds is 4. The molecule has 4 nitrogen and oxygen atoms in total. The first-order valence-corrected chi connectivity index (χ1v) is 6.45. The predicted molar refractivity (Wildman–Crippen MR) is 80.3 cm³/mol. The van der Waals surface area contributed by atoms with Gasteiger partial charge in [-0.2, -0.15) is 0 Å². The van der Waals surface area contributed by atoms with E-state index in [4.69, 9.17) is 22.1 Å². The molecule has 0 atom stereocenters. The zero-order valence-electron chi connectivity index (χ0n) is 11.0. The average Bonchev–Trinajstić information content (AvgIpc) is 2.49. The van der Waals surface area contributed by atoms with Gasteiger partial charge in [-0.3, -0.25) is 4.79 Å². The van der Waals surface area contributed by atoms with E-state index in [1.165, 1.54) is 0 Å². The Kier molecular flexibility index (Phi) is 4.61. The molecular formula is C15H15ClN2O2. The fraction of sp³-hybridized carbons (Fsp3) is 0.133. The van der Waals surface area contributed by atoms with E-state index in [1.54, 1.807) is 37.4 Å². The minimum absolute atomic E-state index is 0.233. The standard InChI is InChI=1S/C15H15ClN2O2/c1-20-12-6-7-13(16)14(8-12)18-15(19)11-4-2-10(9-17)3-5-11/h2-8H,9,17H2,1H3,(H,18,19). The molecule has 2 rings (SSSR count). The van der Waals surface area contributed by atoms with Crippen LogP contribution in [0.4, 0.5) is 5.69 Å². The minimum Gasteiger partial charge on any atom is -0.497 e. The lowest BCUT2D eigenvalue weighted by atomic mass is 10.1. The van der Waals surface area contributed by atoms with Gasteiger partial charge in [0.25, 0.3) is 5.91 Å². The van der Waals surface area contributed by atoms with Crippen molar-refractivity contribution in [3.05, 3.63) is 58.6 Å². The topological polar surface area (TPSA) is 64.3 Å². The summed E-state index contributed by atoms with van der Waals surface area (Å²) >= 11 is 6.05. The van der Waals surface area contributed by atoms with Crippen molar-refractivity contribution >= 4 is 23.2 Å². The molecule has 0 unspecified atom stereocenters. The number of halogens is 1. The predicted octanol–water partition coefficient (Wildman–Crippen LogP) is 3.06. The smallest absolute Gasteiger partial charge is 0.255 e. The normalized spacial score (nSPS) is 10.2. The molecule has 0 aliphatic heterocycles. The van der Waals surface area contributed by atoms with Crippen molar-refractivity contribution in [1.29, 1.82) is 0 Å². The van der Waals surface area contributed by atoms with Crippen molar-refractivity contribution in [2.75, 3.05) is 12.4 Å². The number of amides is 1. The van der Waals surface area contributed by atoms with Crippen LogP contribution in [-0.4, -0.2) is 13.0 Å². The molecule has 0 radical (unpaired) electrons. The second kappa shape index (κ2) is 6.41. The summed E-state index contributed by atoms with van der Waals surface area (Å²) < 4.78 is 5.10. The van der Waals surface area contributed by atoms with Crippen LogP contribution in [0.5, 0.6) is 5.75 Å². The van der Waals surface area contributed by atoms with Gasteiger partial charge in [0.1, 0.15) is 5.75 Å². The molecule has 0 heterocycles. The Bertz CT molecular complexity index is 612. The Balaban J connectivity index is 2.18. The second-order valence-corrected chi connectivity index (χ2v) is 4.61. The van der Waals surface area contributed by atoms with Crippen molar-refractivity contribution < 1.29 is 9.53 Å². The second-order valence-electron chi connectivity index (χ2n) is 4.20. The zero-order valence-corrected chi connectivity index (χ0v) is 11.8. The summed E-state index contributed by atoms with van der Waals surface area (Å²) in [4.78, 5) is 12.1. The largest absolute Gasteiger partial charge is 0.497 e. The van der Waals surface area contributed by atoms with Crippen LogP contribution in [0.2, 0.25) is 5.02 Å². The van der Waals surface area contributed by atoms with Gasteiger partial charge in [0.05, 0.1) is 17.8 Å². The van der Waals surface area contributed by atoms with Gasteiger partial charge in [-0.05, 0) is 29.8 Å². The van der Waals surface area contributed by atoms with Gasteiger partial charge in [-0.25, -0.2) is 0 Å². The lowest BCUT2D eigenvalue weighted by Gasteiger charge is -2.09. The molecule has 0 aliphatic carbocycles. The summed E-state index contributed by atoms with van der Waals surface area (Å²) in [5, 5.41) is 3.21. The van der Waals surface area contributed by atoms with Crippen LogP contribution in [-0.2, 0) is 6.54 Å². The molecule has 0 fully saturated rings. The van der Waals surface area contributed by atoms with Crippen LogP contribution < -0.4 is 15.8 Å². The molecule has 0 saturated heterocycles. The molecular weight excluding hydrogens is 276 g/mol. The number of ether oxygens (including phenoxy) is 1. The number of hydrogen-bond acceptors (Lipinski definition) is 3. The van der Waals surface area contributed by atoms with E-state index >= 15 is 0 Å². The summed E-state index contributed by atoms with van der Waals surface area (Å²) in [7, 11) is 1.56. The van der Waals surface area contributed by atoms with Gasteiger partial charge >= 0.3 is 0 Å². The molecule has 1 amide bonds. The minimum atomic E-state index is -0.233. The highest BCUT2D eigenvalue weighted by molar-refractivity contribution is 6.34. The van der Waals surface area contributed by atoms with Crippen LogP contribution in [0.1, 0.15) is 15.9 Å². The van der Waals surface area contributed by atoms with Gasteiger partial charge in [0.2, 0.25) is 0 Å².